The molecular weight excluding hydrogens is 1290 g/mol. The van der Waals surface area contributed by atoms with E-state index in [4.69, 9.17) is 23.2 Å². The predicted octanol–water partition coefficient (Wildman–Crippen LogP) is 12.1. The maximum absolute atomic E-state index is 10.7. The number of benzene rings is 4. The number of alkyl halides is 3. The van der Waals surface area contributed by atoms with Gasteiger partial charge in [-0.3, -0.25) is 4.98 Å². The maximum Gasteiger partial charge on any atom is 0.485 e. The van der Waals surface area contributed by atoms with Gasteiger partial charge in [0.25, 0.3) is 0 Å². The minimum atomic E-state index is -6.09. The second kappa shape index (κ2) is 31.4. The van der Waals surface area contributed by atoms with Crippen LogP contribution in [0.1, 0.15) is 0 Å². The van der Waals surface area contributed by atoms with Crippen molar-refractivity contribution in [3.05, 3.63) is 218 Å². The predicted molar refractivity (Wildman–Crippen MR) is 258 cm³/mol. The molecule has 0 unspecified atom stereocenters. The number of nitrogens with zero attached hydrogens (tertiary/aromatic N) is 4. The van der Waals surface area contributed by atoms with E-state index in [1.165, 1.54) is 20.2 Å². The van der Waals surface area contributed by atoms with Gasteiger partial charge < -0.3 is 29.7 Å². The molecule has 17 heteroatoms. The molecule has 0 fully saturated rings. The molecule has 2 radical (unpaired) electrons. The number of aliphatic hydroxyl groups excluding tert-OH is 2. The average Bonchev–Trinajstić information content (AvgIpc) is 4.08. The first-order valence-electron chi connectivity index (χ1n) is 19.4. The SMILES string of the molecule is CO.CO.O=S(=O)([O-])C(F)(F)F.[Ir].[Ir].[c-]1ccccc1-c1ccccn1.[c-]1ccccc1-c1nccc2sccc12.[c-]1ccccc1-c1nccc2sccc12.c1ccc(-c2ccccn2)cc1. The number of halogens is 3. The molecule has 0 amide bonds. The summed E-state index contributed by atoms with van der Waals surface area (Å²) in [5.74, 6) is 0. The third kappa shape index (κ3) is 18.4. The Morgan fingerprint density at radius 3 is 1.24 bits per heavy atom. The Kier molecular flexibility index (Phi) is 27.0. The van der Waals surface area contributed by atoms with E-state index in [1.807, 2.05) is 158 Å². The molecule has 10 aromatic rings. The van der Waals surface area contributed by atoms with Gasteiger partial charge in [0.2, 0.25) is 0 Å². The molecule has 0 aliphatic heterocycles. The zero-order chi connectivity index (χ0) is 47.6. The average molecular weight is 1330 g/mol. The zero-order valence-corrected chi connectivity index (χ0v) is 43.2. The van der Waals surface area contributed by atoms with Crippen molar-refractivity contribution < 1.29 is 76.6 Å². The number of fused-ring (bicyclic) bond motifs is 2. The second-order valence-electron chi connectivity index (χ2n) is 12.5. The van der Waals surface area contributed by atoms with Crippen LogP contribution < -0.4 is 0 Å². The van der Waals surface area contributed by atoms with Crippen molar-refractivity contribution in [2.24, 2.45) is 0 Å². The van der Waals surface area contributed by atoms with Crippen LogP contribution >= 0.6 is 22.7 Å². The van der Waals surface area contributed by atoms with Gasteiger partial charge in [0, 0.05) is 94.2 Å². The van der Waals surface area contributed by atoms with Crippen molar-refractivity contribution in [2.75, 3.05) is 14.2 Å². The van der Waals surface area contributed by atoms with Gasteiger partial charge in [-0.2, -0.15) is 13.2 Å². The molecule has 6 heterocycles. The van der Waals surface area contributed by atoms with Gasteiger partial charge in [-0.15, -0.1) is 130 Å². The molecule has 0 saturated carbocycles. The van der Waals surface area contributed by atoms with Crippen LogP contribution in [0.15, 0.2) is 199 Å². The van der Waals surface area contributed by atoms with Crippen molar-refractivity contribution in [2.45, 2.75) is 5.51 Å². The van der Waals surface area contributed by atoms with E-state index < -0.39 is 15.6 Å². The summed E-state index contributed by atoms with van der Waals surface area (Å²) in [6, 6.07) is 63.5. The quantitative estimate of drug-likeness (QED) is 0.0997. The van der Waals surface area contributed by atoms with E-state index in [9.17, 15) is 13.2 Å². The molecule has 2 N–H and O–H groups in total. The Bertz CT molecular complexity index is 2720. The van der Waals surface area contributed by atoms with Crippen molar-refractivity contribution >= 4 is 53.0 Å². The van der Waals surface area contributed by atoms with Crippen LogP contribution in [0.5, 0.6) is 0 Å². The number of pyridine rings is 4. The molecule has 9 nitrogen and oxygen atoms in total. The maximum atomic E-state index is 10.7. The van der Waals surface area contributed by atoms with Crippen molar-refractivity contribution in [1.82, 2.24) is 19.9 Å². The molecular formula is C51H41F3Ir2N4O5S3-4. The number of thiophene rings is 2. The van der Waals surface area contributed by atoms with Crippen molar-refractivity contribution in [1.29, 1.82) is 0 Å². The van der Waals surface area contributed by atoms with E-state index in [2.05, 4.69) is 73.2 Å². The Morgan fingerprint density at radius 1 is 0.485 bits per heavy atom. The minimum absolute atomic E-state index is 0. The van der Waals surface area contributed by atoms with Crippen LogP contribution in [0.4, 0.5) is 13.2 Å². The van der Waals surface area contributed by atoms with Crippen LogP contribution in [0.25, 0.3) is 65.2 Å². The first kappa shape index (κ1) is 58.4. The summed E-state index contributed by atoms with van der Waals surface area (Å²) in [5, 5.41) is 20.6. The number of aliphatic hydroxyl groups is 2. The van der Waals surface area contributed by atoms with Crippen LogP contribution in [-0.4, -0.2) is 62.8 Å². The monoisotopic (exact) mass is 1330 g/mol. The molecule has 0 bridgehead atoms. The summed E-state index contributed by atoms with van der Waals surface area (Å²) >= 11 is 3.48. The van der Waals surface area contributed by atoms with Gasteiger partial charge in [-0.1, -0.05) is 60.7 Å². The number of hydrogen-bond acceptors (Lipinski definition) is 11. The fraction of sp³-hybridized carbons (Fsp3) is 0.0588. The third-order valence-corrected chi connectivity index (χ3v) is 10.7. The van der Waals surface area contributed by atoms with E-state index >= 15 is 0 Å². The van der Waals surface area contributed by atoms with Crippen LogP contribution in [0, 0.1) is 18.2 Å². The van der Waals surface area contributed by atoms with Gasteiger partial charge in [0.05, 0.1) is 5.69 Å². The van der Waals surface area contributed by atoms with E-state index in [0.717, 1.165) is 59.2 Å². The Morgan fingerprint density at radius 2 is 0.868 bits per heavy atom. The fourth-order valence-corrected chi connectivity index (χ4v) is 7.08. The molecule has 68 heavy (non-hydrogen) atoms. The van der Waals surface area contributed by atoms with Crippen molar-refractivity contribution in [3.63, 3.8) is 0 Å². The van der Waals surface area contributed by atoms with E-state index in [0.29, 0.717) is 0 Å². The summed E-state index contributed by atoms with van der Waals surface area (Å²) in [5.41, 5.74) is 2.71. The fourth-order valence-electron chi connectivity index (χ4n) is 5.52. The van der Waals surface area contributed by atoms with Gasteiger partial charge in [-0.05, 0) is 68.9 Å². The van der Waals surface area contributed by atoms with Crippen molar-refractivity contribution in [3.8, 4) is 45.0 Å². The molecule has 0 spiro atoms. The minimum Gasteiger partial charge on any atom is -0.741 e. The molecule has 0 aliphatic rings. The van der Waals surface area contributed by atoms with Gasteiger partial charge in [0.15, 0.2) is 10.1 Å². The summed E-state index contributed by atoms with van der Waals surface area (Å²) < 4.78 is 61.5. The Labute approximate surface area is 428 Å². The third-order valence-electron chi connectivity index (χ3n) is 8.36. The Hall–Kier alpha value is -5.68. The summed E-state index contributed by atoms with van der Waals surface area (Å²) in [4.78, 5) is 17.3. The molecule has 6 aromatic heterocycles. The second-order valence-corrected chi connectivity index (χ2v) is 15.8. The molecule has 356 valence electrons. The molecule has 0 aliphatic carbocycles. The zero-order valence-electron chi connectivity index (χ0n) is 36.0. The molecule has 4 aromatic carbocycles. The van der Waals surface area contributed by atoms with Crippen LogP contribution in [0.2, 0.25) is 0 Å². The molecule has 0 saturated heterocycles. The normalized spacial score (nSPS) is 9.94. The summed E-state index contributed by atoms with van der Waals surface area (Å²) in [6.45, 7) is 0. The number of rotatable bonds is 4. The first-order chi connectivity index (χ1) is 32.1. The largest absolute Gasteiger partial charge is 0.741 e. The molecule has 0 atom stereocenters. The Balaban J connectivity index is 0.000000288. The standard InChI is InChI=1S/2C13H8NS.C11H9N.C11H8N.CHF3O3S.2CH4O.2Ir/c2*1-2-4-10(5-3-1)13-11-7-9-15-12(11)6-8-14-13;2*1-2-6-10(7-3-1)11-8-4-5-9-12-11;2-1(3,4)8(5,6)7;2*1-2;;/h2*1-4,6-9H;1-9H;1-6,8-9H;(H,5,6,7);2*2H,1H3;;/q2*-1;;-1;;;;;/p-1. The van der Waals surface area contributed by atoms with Gasteiger partial charge in [-0.25, -0.2) is 8.42 Å². The van der Waals surface area contributed by atoms with E-state index in [1.54, 1.807) is 28.9 Å². The van der Waals surface area contributed by atoms with Gasteiger partial charge >= 0.3 is 5.51 Å². The van der Waals surface area contributed by atoms with Crippen LogP contribution in [0.3, 0.4) is 0 Å². The number of aromatic nitrogens is 4. The van der Waals surface area contributed by atoms with E-state index in [-0.39, 0.29) is 40.2 Å². The van der Waals surface area contributed by atoms with Crippen LogP contribution in [-0.2, 0) is 50.3 Å². The first-order valence-corrected chi connectivity index (χ1v) is 22.6. The van der Waals surface area contributed by atoms with Gasteiger partial charge in [0.1, 0.15) is 0 Å². The smallest absolute Gasteiger partial charge is 0.485 e. The summed E-state index contributed by atoms with van der Waals surface area (Å²) in [6.07, 6.45) is 7.31. The topological polar surface area (TPSA) is 149 Å². The molecule has 10 rings (SSSR count). The number of hydrogen-bond donors (Lipinski definition) is 2. The summed E-state index contributed by atoms with van der Waals surface area (Å²) in [7, 11) is -4.09.